The van der Waals surface area contributed by atoms with E-state index in [2.05, 4.69) is 13.5 Å². The molecule has 3 nitrogen and oxygen atoms in total. The minimum atomic E-state index is -0.688. The first-order chi connectivity index (χ1) is 8.54. The van der Waals surface area contributed by atoms with Gasteiger partial charge in [0, 0.05) is 0 Å². The van der Waals surface area contributed by atoms with Crippen molar-refractivity contribution < 1.29 is 14.6 Å². The molecule has 18 heavy (non-hydrogen) atoms. The number of carbonyl (C=O) groups is 1. The van der Waals surface area contributed by atoms with E-state index < -0.39 is 5.97 Å². The van der Waals surface area contributed by atoms with Gasteiger partial charge in [-0.2, -0.15) is 0 Å². The third kappa shape index (κ3) is 4.81. The Kier molecular flexibility index (Phi) is 6.41. The van der Waals surface area contributed by atoms with Crippen LogP contribution in [-0.2, 0) is 9.53 Å². The number of aliphatic carboxylic acids is 1. The van der Waals surface area contributed by atoms with Crippen molar-refractivity contribution in [3.8, 4) is 0 Å². The second-order valence-electron chi connectivity index (χ2n) is 5.56. The predicted molar refractivity (Wildman–Crippen MR) is 72.5 cm³/mol. The van der Waals surface area contributed by atoms with Crippen molar-refractivity contribution in [3.63, 3.8) is 0 Å². The van der Waals surface area contributed by atoms with Crippen LogP contribution in [0.4, 0.5) is 0 Å². The number of carboxylic acids is 1. The van der Waals surface area contributed by atoms with Gasteiger partial charge in [0.2, 0.25) is 0 Å². The Morgan fingerprint density at radius 1 is 1.56 bits per heavy atom. The maximum Gasteiger partial charge on any atom is 0.306 e. The van der Waals surface area contributed by atoms with Crippen molar-refractivity contribution in [2.24, 2.45) is 11.8 Å². The average molecular weight is 254 g/mol. The van der Waals surface area contributed by atoms with Gasteiger partial charge in [0.25, 0.3) is 0 Å². The highest BCUT2D eigenvalue weighted by molar-refractivity contribution is 5.69. The van der Waals surface area contributed by atoms with Gasteiger partial charge >= 0.3 is 5.97 Å². The van der Waals surface area contributed by atoms with E-state index in [0.29, 0.717) is 18.1 Å². The fraction of sp³-hybridized carbons (Fsp3) is 0.800. The molecule has 1 aliphatic rings. The second-order valence-corrected chi connectivity index (χ2v) is 5.56. The maximum atomic E-state index is 10.7. The van der Waals surface area contributed by atoms with E-state index in [4.69, 9.17) is 9.84 Å². The summed E-state index contributed by atoms with van der Waals surface area (Å²) in [6, 6.07) is 0. The molecule has 1 rings (SSSR count). The van der Waals surface area contributed by atoms with E-state index in [0.717, 1.165) is 38.5 Å². The van der Waals surface area contributed by atoms with Gasteiger partial charge < -0.3 is 9.84 Å². The Labute approximate surface area is 110 Å². The molecule has 0 saturated carbocycles. The van der Waals surface area contributed by atoms with Gasteiger partial charge in [-0.1, -0.05) is 32.8 Å². The first kappa shape index (κ1) is 15.2. The summed E-state index contributed by atoms with van der Waals surface area (Å²) in [5.41, 5.74) is 0. The van der Waals surface area contributed by atoms with E-state index >= 15 is 0 Å². The SMILES string of the molecule is C=CC[C@H]1C[C@H](C)[C@H](CCCC[C@H](C)C(=O)O)O1. The van der Waals surface area contributed by atoms with Crippen LogP contribution < -0.4 is 0 Å². The molecule has 0 aromatic rings. The minimum Gasteiger partial charge on any atom is -0.481 e. The molecule has 0 aliphatic carbocycles. The summed E-state index contributed by atoms with van der Waals surface area (Å²) in [7, 11) is 0. The molecule has 1 fully saturated rings. The van der Waals surface area contributed by atoms with E-state index in [1.54, 1.807) is 6.92 Å². The van der Waals surface area contributed by atoms with Crippen molar-refractivity contribution in [1.29, 1.82) is 0 Å². The first-order valence-corrected chi connectivity index (χ1v) is 7.03. The van der Waals surface area contributed by atoms with Crippen LogP contribution in [0.15, 0.2) is 12.7 Å². The second kappa shape index (κ2) is 7.57. The van der Waals surface area contributed by atoms with E-state index in [1.165, 1.54) is 0 Å². The highest BCUT2D eigenvalue weighted by Crippen LogP contribution is 2.31. The van der Waals surface area contributed by atoms with Crippen LogP contribution in [0.25, 0.3) is 0 Å². The predicted octanol–water partition coefficient (Wildman–Crippen LogP) is 3.64. The smallest absolute Gasteiger partial charge is 0.306 e. The quantitative estimate of drug-likeness (QED) is 0.531. The van der Waals surface area contributed by atoms with Gasteiger partial charge in [0.05, 0.1) is 18.1 Å². The Morgan fingerprint density at radius 2 is 2.28 bits per heavy atom. The van der Waals surface area contributed by atoms with Crippen LogP contribution in [0.2, 0.25) is 0 Å². The molecule has 0 aromatic heterocycles. The highest BCUT2D eigenvalue weighted by Gasteiger charge is 2.30. The lowest BCUT2D eigenvalue weighted by atomic mass is 9.95. The maximum absolute atomic E-state index is 10.7. The molecule has 0 radical (unpaired) electrons. The lowest BCUT2D eigenvalue weighted by Crippen LogP contribution is -2.14. The van der Waals surface area contributed by atoms with E-state index in [-0.39, 0.29) is 5.92 Å². The Morgan fingerprint density at radius 3 is 2.89 bits per heavy atom. The van der Waals surface area contributed by atoms with Crippen molar-refractivity contribution in [2.45, 2.75) is 64.6 Å². The molecule has 1 N–H and O–H groups in total. The lowest BCUT2D eigenvalue weighted by molar-refractivity contribution is -0.141. The highest BCUT2D eigenvalue weighted by atomic mass is 16.5. The van der Waals surface area contributed by atoms with Gasteiger partial charge in [-0.3, -0.25) is 4.79 Å². The van der Waals surface area contributed by atoms with Crippen LogP contribution in [-0.4, -0.2) is 23.3 Å². The third-order valence-electron chi connectivity index (χ3n) is 3.86. The summed E-state index contributed by atoms with van der Waals surface area (Å²) in [4.78, 5) is 10.7. The zero-order chi connectivity index (χ0) is 13.5. The Hall–Kier alpha value is -0.830. The van der Waals surface area contributed by atoms with Crippen LogP contribution in [0.1, 0.15) is 52.4 Å². The van der Waals surface area contributed by atoms with Gasteiger partial charge in [0.1, 0.15) is 0 Å². The largest absolute Gasteiger partial charge is 0.481 e. The van der Waals surface area contributed by atoms with E-state index in [9.17, 15) is 4.79 Å². The summed E-state index contributed by atoms with van der Waals surface area (Å²) >= 11 is 0. The van der Waals surface area contributed by atoms with Crippen LogP contribution in [0.3, 0.4) is 0 Å². The number of unbranched alkanes of at least 4 members (excludes halogenated alkanes) is 1. The molecule has 4 atom stereocenters. The summed E-state index contributed by atoms with van der Waals surface area (Å²) in [5, 5.41) is 8.79. The summed E-state index contributed by atoms with van der Waals surface area (Å²) in [5.74, 6) is -0.293. The summed E-state index contributed by atoms with van der Waals surface area (Å²) in [6.07, 6.45) is 8.57. The number of carboxylic acid groups (broad SMARTS) is 1. The third-order valence-corrected chi connectivity index (χ3v) is 3.86. The van der Waals surface area contributed by atoms with Gasteiger partial charge in [-0.25, -0.2) is 0 Å². The van der Waals surface area contributed by atoms with Crippen LogP contribution in [0, 0.1) is 11.8 Å². The Bertz CT molecular complexity index is 275. The zero-order valence-corrected chi connectivity index (χ0v) is 11.6. The summed E-state index contributed by atoms with van der Waals surface area (Å²) < 4.78 is 5.98. The molecule has 0 spiro atoms. The zero-order valence-electron chi connectivity index (χ0n) is 11.6. The van der Waals surface area contributed by atoms with E-state index in [1.807, 2.05) is 6.08 Å². The molecule has 1 saturated heterocycles. The van der Waals surface area contributed by atoms with Gasteiger partial charge in [-0.05, 0) is 31.6 Å². The fourth-order valence-electron chi connectivity index (χ4n) is 2.61. The standard InChI is InChI=1S/C15H26O3/c1-4-7-13-10-12(3)14(18-13)9-6-5-8-11(2)15(16)17/h4,11-14H,1,5-10H2,2-3H3,(H,16,17)/t11-,12-,13-,14-/m0/s1. The molecular weight excluding hydrogens is 228 g/mol. The van der Waals surface area contributed by atoms with Crippen molar-refractivity contribution in [2.75, 3.05) is 0 Å². The monoisotopic (exact) mass is 254 g/mol. The van der Waals surface area contributed by atoms with Crippen LogP contribution in [0.5, 0.6) is 0 Å². The number of hydrogen-bond acceptors (Lipinski definition) is 2. The molecule has 0 amide bonds. The van der Waals surface area contributed by atoms with Crippen LogP contribution >= 0.6 is 0 Å². The van der Waals surface area contributed by atoms with Gasteiger partial charge in [0.15, 0.2) is 0 Å². The Balaban J connectivity index is 2.16. The normalized spacial score (nSPS) is 29.1. The fourth-order valence-corrected chi connectivity index (χ4v) is 2.61. The average Bonchev–Trinajstić information content (AvgIpc) is 2.65. The summed E-state index contributed by atoms with van der Waals surface area (Å²) in [6.45, 7) is 7.77. The minimum absolute atomic E-state index is 0.222. The van der Waals surface area contributed by atoms with Gasteiger partial charge in [-0.15, -0.1) is 6.58 Å². The van der Waals surface area contributed by atoms with Crippen molar-refractivity contribution >= 4 is 5.97 Å². The molecule has 1 aliphatic heterocycles. The number of rotatable bonds is 8. The molecule has 0 unspecified atom stereocenters. The molecule has 104 valence electrons. The molecular formula is C15H26O3. The molecule has 0 bridgehead atoms. The molecule has 0 aromatic carbocycles. The van der Waals surface area contributed by atoms with Crippen molar-refractivity contribution in [1.82, 2.24) is 0 Å². The first-order valence-electron chi connectivity index (χ1n) is 7.03. The number of hydrogen-bond donors (Lipinski definition) is 1. The number of ether oxygens (including phenoxy) is 1. The molecule has 3 heteroatoms. The topological polar surface area (TPSA) is 46.5 Å². The lowest BCUT2D eigenvalue weighted by Gasteiger charge is -2.15. The molecule has 1 heterocycles. The van der Waals surface area contributed by atoms with Crippen molar-refractivity contribution in [3.05, 3.63) is 12.7 Å².